The van der Waals surface area contributed by atoms with Crippen LogP contribution in [0.5, 0.6) is 0 Å². The molecule has 0 radical (unpaired) electrons. The Bertz CT molecular complexity index is 734. The van der Waals surface area contributed by atoms with Gasteiger partial charge in [-0.15, -0.1) is 0 Å². The maximum Gasteiger partial charge on any atom is 0.192 e. The zero-order valence-electron chi connectivity index (χ0n) is 9.62. The first-order chi connectivity index (χ1) is 8.76. The molecule has 0 aliphatic rings. The molecule has 0 saturated heterocycles. The number of nitrogens with zero attached hydrogens (tertiary/aromatic N) is 3. The smallest absolute Gasteiger partial charge is 0.192 e. The Morgan fingerprint density at radius 1 is 1.22 bits per heavy atom. The van der Waals surface area contributed by atoms with Gasteiger partial charge < -0.3 is 4.42 Å². The van der Waals surface area contributed by atoms with Crippen molar-refractivity contribution in [3.63, 3.8) is 0 Å². The number of hydrogen-bond donors (Lipinski definition) is 0. The minimum atomic E-state index is 0.358. The van der Waals surface area contributed by atoms with Crippen LogP contribution in [0.1, 0.15) is 16.4 Å². The molecule has 0 aliphatic heterocycles. The quantitative estimate of drug-likeness (QED) is 0.642. The van der Waals surface area contributed by atoms with E-state index in [0.29, 0.717) is 23.6 Å². The molecule has 18 heavy (non-hydrogen) atoms. The number of fused-ring (bicyclic) bond motifs is 1. The van der Waals surface area contributed by atoms with Gasteiger partial charge in [-0.05, 0) is 24.3 Å². The van der Waals surface area contributed by atoms with Crippen molar-refractivity contribution in [1.82, 2.24) is 15.0 Å². The van der Waals surface area contributed by atoms with E-state index in [9.17, 15) is 4.79 Å². The predicted molar refractivity (Wildman–Crippen MR) is 65.2 cm³/mol. The third-order valence-corrected chi connectivity index (χ3v) is 2.60. The molecule has 0 saturated carbocycles. The normalized spacial score (nSPS) is 10.7. The fourth-order valence-corrected chi connectivity index (χ4v) is 1.80. The van der Waals surface area contributed by atoms with Gasteiger partial charge in [0, 0.05) is 12.5 Å². The molecule has 0 bridgehead atoms. The van der Waals surface area contributed by atoms with E-state index < -0.39 is 0 Å². The highest BCUT2D eigenvalue weighted by Gasteiger charge is 2.06. The first-order valence-electron chi connectivity index (χ1n) is 5.41. The standard InChI is InChI=1S/C13H9N3O2/c1-8-16-12-4-9(2-3-13(12)18-8)11-5-10(6-17)14-7-15-11/h2-7H,1H3. The van der Waals surface area contributed by atoms with Crippen molar-refractivity contribution >= 4 is 17.4 Å². The summed E-state index contributed by atoms with van der Waals surface area (Å²) < 4.78 is 5.40. The number of aldehydes is 1. The molecular weight excluding hydrogens is 230 g/mol. The summed E-state index contributed by atoms with van der Waals surface area (Å²) in [6.07, 6.45) is 2.07. The van der Waals surface area contributed by atoms with Gasteiger partial charge in [-0.3, -0.25) is 4.79 Å². The average Bonchev–Trinajstić information content (AvgIpc) is 2.77. The maximum absolute atomic E-state index is 10.7. The Labute approximate surface area is 103 Å². The lowest BCUT2D eigenvalue weighted by Gasteiger charge is -2.00. The van der Waals surface area contributed by atoms with Crippen LogP contribution in [-0.2, 0) is 0 Å². The lowest BCUT2D eigenvalue weighted by molar-refractivity contribution is 0.111. The second-order valence-electron chi connectivity index (χ2n) is 3.86. The van der Waals surface area contributed by atoms with Gasteiger partial charge in [0.1, 0.15) is 17.5 Å². The summed E-state index contributed by atoms with van der Waals surface area (Å²) in [6, 6.07) is 7.24. The highest BCUT2D eigenvalue weighted by Crippen LogP contribution is 2.23. The molecule has 0 spiro atoms. The highest BCUT2D eigenvalue weighted by atomic mass is 16.3. The molecule has 0 N–H and O–H groups in total. The van der Waals surface area contributed by atoms with Gasteiger partial charge in [-0.2, -0.15) is 0 Å². The van der Waals surface area contributed by atoms with Crippen LogP contribution in [0.15, 0.2) is 35.0 Å². The van der Waals surface area contributed by atoms with Crippen LogP contribution in [-0.4, -0.2) is 21.2 Å². The molecule has 0 unspecified atom stereocenters. The van der Waals surface area contributed by atoms with Crippen LogP contribution in [0.2, 0.25) is 0 Å². The minimum absolute atomic E-state index is 0.358. The molecule has 2 aromatic heterocycles. The third kappa shape index (κ3) is 1.75. The Balaban J connectivity index is 2.15. The van der Waals surface area contributed by atoms with E-state index in [0.717, 1.165) is 16.7 Å². The second kappa shape index (κ2) is 4.03. The SMILES string of the molecule is Cc1nc2cc(-c3cc(C=O)ncn3)ccc2o1. The van der Waals surface area contributed by atoms with Crippen molar-refractivity contribution in [1.29, 1.82) is 0 Å². The van der Waals surface area contributed by atoms with E-state index in [1.807, 2.05) is 18.2 Å². The van der Waals surface area contributed by atoms with Crippen LogP contribution >= 0.6 is 0 Å². The lowest BCUT2D eigenvalue weighted by Crippen LogP contribution is -1.91. The van der Waals surface area contributed by atoms with Crippen molar-refractivity contribution in [3.05, 3.63) is 42.2 Å². The maximum atomic E-state index is 10.7. The van der Waals surface area contributed by atoms with Gasteiger partial charge in [0.15, 0.2) is 17.8 Å². The highest BCUT2D eigenvalue weighted by molar-refractivity contribution is 5.81. The number of aryl methyl sites for hydroxylation is 1. The molecule has 2 heterocycles. The van der Waals surface area contributed by atoms with Crippen LogP contribution in [0, 0.1) is 6.92 Å². The summed E-state index contributed by atoms with van der Waals surface area (Å²) in [6.45, 7) is 1.80. The van der Waals surface area contributed by atoms with E-state index in [2.05, 4.69) is 15.0 Å². The Hall–Kier alpha value is -2.56. The minimum Gasteiger partial charge on any atom is -0.441 e. The first-order valence-corrected chi connectivity index (χ1v) is 5.41. The zero-order chi connectivity index (χ0) is 12.5. The van der Waals surface area contributed by atoms with E-state index >= 15 is 0 Å². The molecular formula is C13H9N3O2. The van der Waals surface area contributed by atoms with Crippen LogP contribution < -0.4 is 0 Å². The number of carbonyl (C=O) groups excluding carboxylic acids is 1. The fraction of sp³-hybridized carbons (Fsp3) is 0.0769. The molecule has 5 nitrogen and oxygen atoms in total. The number of benzene rings is 1. The average molecular weight is 239 g/mol. The molecule has 0 amide bonds. The summed E-state index contributed by atoms with van der Waals surface area (Å²) in [4.78, 5) is 22.9. The molecule has 0 fully saturated rings. The van der Waals surface area contributed by atoms with E-state index in [4.69, 9.17) is 4.42 Å². The van der Waals surface area contributed by atoms with Crippen LogP contribution in [0.3, 0.4) is 0 Å². The van der Waals surface area contributed by atoms with Crippen LogP contribution in [0.4, 0.5) is 0 Å². The Kier molecular flexibility index (Phi) is 2.37. The second-order valence-corrected chi connectivity index (χ2v) is 3.86. The van der Waals surface area contributed by atoms with E-state index in [1.54, 1.807) is 13.0 Å². The van der Waals surface area contributed by atoms with Gasteiger partial charge in [-0.1, -0.05) is 0 Å². The Morgan fingerprint density at radius 3 is 2.94 bits per heavy atom. The molecule has 1 aromatic carbocycles. The molecule has 5 heteroatoms. The number of carbonyl (C=O) groups is 1. The number of aromatic nitrogens is 3. The molecule has 0 atom stereocenters. The van der Waals surface area contributed by atoms with Gasteiger partial charge in [-0.25, -0.2) is 15.0 Å². The van der Waals surface area contributed by atoms with Crippen molar-refractivity contribution in [2.75, 3.05) is 0 Å². The zero-order valence-corrected chi connectivity index (χ0v) is 9.62. The number of hydrogen-bond acceptors (Lipinski definition) is 5. The summed E-state index contributed by atoms with van der Waals surface area (Å²) in [7, 11) is 0. The van der Waals surface area contributed by atoms with Crippen molar-refractivity contribution in [3.8, 4) is 11.3 Å². The van der Waals surface area contributed by atoms with Crippen LogP contribution in [0.25, 0.3) is 22.4 Å². The summed E-state index contributed by atoms with van der Waals surface area (Å²) in [5.74, 6) is 0.624. The third-order valence-electron chi connectivity index (χ3n) is 2.60. The van der Waals surface area contributed by atoms with Gasteiger partial charge in [0.25, 0.3) is 0 Å². The van der Waals surface area contributed by atoms with Crippen molar-refractivity contribution in [2.24, 2.45) is 0 Å². The molecule has 3 aromatic rings. The van der Waals surface area contributed by atoms with Crippen molar-refractivity contribution in [2.45, 2.75) is 6.92 Å². The molecule has 3 rings (SSSR count). The van der Waals surface area contributed by atoms with Gasteiger partial charge >= 0.3 is 0 Å². The monoisotopic (exact) mass is 239 g/mol. The summed E-state index contributed by atoms with van der Waals surface area (Å²) in [5, 5.41) is 0. The molecule has 88 valence electrons. The Morgan fingerprint density at radius 2 is 2.11 bits per heavy atom. The van der Waals surface area contributed by atoms with Gasteiger partial charge in [0.2, 0.25) is 0 Å². The van der Waals surface area contributed by atoms with E-state index in [-0.39, 0.29) is 0 Å². The molecule has 0 aliphatic carbocycles. The predicted octanol–water partition coefficient (Wildman–Crippen LogP) is 2.41. The van der Waals surface area contributed by atoms with E-state index in [1.165, 1.54) is 6.33 Å². The largest absolute Gasteiger partial charge is 0.441 e. The first kappa shape index (κ1) is 10.6. The van der Waals surface area contributed by atoms with Gasteiger partial charge in [0.05, 0.1) is 5.69 Å². The number of rotatable bonds is 2. The summed E-state index contributed by atoms with van der Waals surface area (Å²) >= 11 is 0. The van der Waals surface area contributed by atoms with Crippen molar-refractivity contribution < 1.29 is 9.21 Å². The topological polar surface area (TPSA) is 68.9 Å². The number of oxazole rings is 1. The summed E-state index contributed by atoms with van der Waals surface area (Å²) in [5.41, 5.74) is 3.43. The fourth-order valence-electron chi connectivity index (χ4n) is 1.80. The lowest BCUT2D eigenvalue weighted by atomic mass is 10.1.